The predicted molar refractivity (Wildman–Crippen MR) is 174 cm³/mol. The highest BCUT2D eigenvalue weighted by atomic mass is 16.8. The first kappa shape index (κ1) is 36.4. The summed E-state index contributed by atoms with van der Waals surface area (Å²) in [7, 11) is 0. The summed E-state index contributed by atoms with van der Waals surface area (Å²) >= 11 is 0. The Morgan fingerprint density at radius 3 is 1.68 bits per heavy atom. The molecule has 5 rings (SSSR count). The molecule has 0 aromatic heterocycles. The molecule has 50 heavy (non-hydrogen) atoms. The average Bonchev–Trinajstić information content (AvgIpc) is 3.13. The topological polar surface area (TPSA) is 162 Å². The summed E-state index contributed by atoms with van der Waals surface area (Å²) in [4.78, 5) is 52.3. The fourth-order valence-corrected chi connectivity index (χ4v) is 5.47. The van der Waals surface area contributed by atoms with Gasteiger partial charge in [0.25, 0.3) is 0 Å². The van der Waals surface area contributed by atoms with E-state index in [1.54, 1.807) is 73.7 Å². The molecule has 13 nitrogen and oxygen atoms in total. The van der Waals surface area contributed by atoms with Gasteiger partial charge in [-0.1, -0.05) is 60.7 Å². The van der Waals surface area contributed by atoms with Crippen LogP contribution in [-0.4, -0.2) is 97.5 Å². The molecule has 0 amide bonds. The number of esters is 4. The molecule has 3 aromatic carbocycles. The van der Waals surface area contributed by atoms with Crippen LogP contribution in [0.5, 0.6) is 0 Å². The molecule has 2 saturated heterocycles. The van der Waals surface area contributed by atoms with E-state index in [1.165, 1.54) is 30.3 Å². The van der Waals surface area contributed by atoms with Gasteiger partial charge in [-0.15, -0.1) is 6.58 Å². The standard InChI is InChI=1S/C37H38O13/c1-4-20-43-36-30(46-23(3)38)28(39)27(21-44-36)47-37-32(50-35(42)26-18-12-7-13-19-26)31(49-34(41)25-16-10-6-11-17-25)29(22(2)45-37)48-33(40)24-14-8-5-9-15-24/h4-19,22,27-32,36-37,39H,1,20-21H2,2-3H3/t22-,27+,28+,29+,30-,31+,32-,36+,37+/m1/s1. The lowest BCUT2D eigenvalue weighted by molar-refractivity contribution is -0.337. The Morgan fingerprint density at radius 2 is 1.20 bits per heavy atom. The second-order valence-electron chi connectivity index (χ2n) is 11.5. The van der Waals surface area contributed by atoms with E-state index >= 15 is 0 Å². The number of hydrogen-bond donors (Lipinski definition) is 1. The number of carbonyl (C=O) groups excluding carboxylic acids is 4. The minimum atomic E-state index is -1.56. The monoisotopic (exact) mass is 690 g/mol. The van der Waals surface area contributed by atoms with Crippen LogP contribution < -0.4 is 0 Å². The van der Waals surface area contributed by atoms with Crippen molar-refractivity contribution in [3.05, 3.63) is 120 Å². The zero-order chi connectivity index (χ0) is 35.6. The largest absolute Gasteiger partial charge is 0.454 e. The molecule has 264 valence electrons. The lowest BCUT2D eigenvalue weighted by Gasteiger charge is -2.46. The summed E-state index contributed by atoms with van der Waals surface area (Å²) in [5.41, 5.74) is 0.557. The predicted octanol–water partition coefficient (Wildman–Crippen LogP) is 3.64. The van der Waals surface area contributed by atoms with E-state index in [0.717, 1.165) is 6.92 Å². The Morgan fingerprint density at radius 1 is 0.720 bits per heavy atom. The molecule has 13 heteroatoms. The summed E-state index contributed by atoms with van der Waals surface area (Å²) in [6, 6.07) is 24.3. The molecule has 1 N–H and O–H groups in total. The maximum Gasteiger partial charge on any atom is 0.338 e. The molecule has 2 heterocycles. The van der Waals surface area contributed by atoms with Gasteiger partial charge >= 0.3 is 23.9 Å². The Kier molecular flexibility index (Phi) is 12.5. The third-order valence-corrected chi connectivity index (χ3v) is 7.88. The van der Waals surface area contributed by atoms with Crippen LogP contribution in [-0.2, 0) is 42.7 Å². The van der Waals surface area contributed by atoms with E-state index in [2.05, 4.69) is 6.58 Å². The van der Waals surface area contributed by atoms with Crippen LogP contribution in [0.25, 0.3) is 0 Å². The van der Waals surface area contributed by atoms with E-state index in [1.807, 2.05) is 0 Å². The molecule has 3 aromatic rings. The van der Waals surface area contributed by atoms with Gasteiger partial charge in [-0.05, 0) is 43.3 Å². The van der Waals surface area contributed by atoms with Gasteiger partial charge < -0.3 is 43.0 Å². The van der Waals surface area contributed by atoms with Gasteiger partial charge in [-0.25, -0.2) is 14.4 Å². The molecule has 0 radical (unpaired) electrons. The molecule has 0 aliphatic carbocycles. The minimum absolute atomic E-state index is 0.0407. The van der Waals surface area contributed by atoms with Gasteiger partial charge in [0.15, 0.2) is 37.0 Å². The van der Waals surface area contributed by atoms with Crippen molar-refractivity contribution in [2.24, 2.45) is 0 Å². The number of rotatable bonds is 12. The van der Waals surface area contributed by atoms with Crippen LogP contribution in [0.4, 0.5) is 0 Å². The van der Waals surface area contributed by atoms with E-state index in [0.29, 0.717) is 0 Å². The number of benzene rings is 3. The fourth-order valence-electron chi connectivity index (χ4n) is 5.47. The lowest BCUT2D eigenvalue weighted by atomic mass is 9.97. The normalized spacial score (nSPS) is 27.7. The Hall–Kier alpha value is -4.92. The van der Waals surface area contributed by atoms with Crippen LogP contribution >= 0.6 is 0 Å². The molecule has 0 bridgehead atoms. The second kappa shape index (κ2) is 17.1. The first-order chi connectivity index (χ1) is 24.2. The van der Waals surface area contributed by atoms with E-state index in [4.69, 9.17) is 37.9 Å². The van der Waals surface area contributed by atoms with Gasteiger partial charge in [0.1, 0.15) is 12.2 Å². The third kappa shape index (κ3) is 9.00. The highest BCUT2D eigenvalue weighted by Crippen LogP contribution is 2.33. The number of ether oxygens (including phenoxy) is 8. The summed E-state index contributed by atoms with van der Waals surface area (Å²) < 4.78 is 46.8. The highest BCUT2D eigenvalue weighted by Gasteiger charge is 2.54. The van der Waals surface area contributed by atoms with Gasteiger partial charge in [-0.2, -0.15) is 0 Å². The Labute approximate surface area is 288 Å². The van der Waals surface area contributed by atoms with Crippen LogP contribution in [0.2, 0.25) is 0 Å². The maximum atomic E-state index is 13.5. The SMILES string of the molecule is C=CCO[C@H]1OC[C@H](O[C@@H]2O[C@H](C)[C@H](OC(=O)c3ccccc3)[C@H](OC(=O)c3ccccc3)[C@H]2OC(=O)c2ccccc2)[C@H](O)[C@H]1OC(C)=O. The lowest BCUT2D eigenvalue weighted by Crippen LogP contribution is -2.64. The Balaban J connectivity index is 1.49. The first-order valence-electron chi connectivity index (χ1n) is 15.9. The second-order valence-corrected chi connectivity index (χ2v) is 11.5. The number of hydrogen-bond acceptors (Lipinski definition) is 13. The van der Waals surface area contributed by atoms with Crippen molar-refractivity contribution in [1.29, 1.82) is 0 Å². The summed E-state index contributed by atoms with van der Waals surface area (Å²) in [6.07, 6.45) is -10.6. The van der Waals surface area contributed by atoms with Crippen LogP contribution in [0.15, 0.2) is 104 Å². The molecular weight excluding hydrogens is 652 g/mol. The average molecular weight is 691 g/mol. The third-order valence-electron chi connectivity index (χ3n) is 7.88. The van der Waals surface area contributed by atoms with Gasteiger partial charge in [0, 0.05) is 6.92 Å². The van der Waals surface area contributed by atoms with Crippen molar-refractivity contribution in [3.8, 4) is 0 Å². The van der Waals surface area contributed by atoms with E-state index < -0.39 is 79.2 Å². The van der Waals surface area contributed by atoms with Crippen molar-refractivity contribution in [3.63, 3.8) is 0 Å². The molecule has 2 fully saturated rings. The zero-order valence-electron chi connectivity index (χ0n) is 27.4. The summed E-state index contributed by atoms with van der Waals surface area (Å²) in [5.74, 6) is -3.08. The van der Waals surface area contributed by atoms with Crippen molar-refractivity contribution in [2.45, 2.75) is 69.2 Å². The molecule has 2 aliphatic heterocycles. The number of aliphatic hydroxyl groups excluding tert-OH is 1. The van der Waals surface area contributed by atoms with Crippen LogP contribution in [0, 0.1) is 0 Å². The van der Waals surface area contributed by atoms with Crippen molar-refractivity contribution >= 4 is 23.9 Å². The van der Waals surface area contributed by atoms with Crippen molar-refractivity contribution in [1.82, 2.24) is 0 Å². The molecule has 2 aliphatic rings. The molecule has 0 spiro atoms. The first-order valence-corrected chi connectivity index (χ1v) is 15.9. The van der Waals surface area contributed by atoms with Crippen LogP contribution in [0.3, 0.4) is 0 Å². The smallest absolute Gasteiger partial charge is 0.338 e. The molecule has 0 saturated carbocycles. The zero-order valence-corrected chi connectivity index (χ0v) is 27.4. The van der Waals surface area contributed by atoms with E-state index in [-0.39, 0.29) is 29.9 Å². The van der Waals surface area contributed by atoms with Crippen molar-refractivity contribution < 1.29 is 62.2 Å². The minimum Gasteiger partial charge on any atom is -0.454 e. The van der Waals surface area contributed by atoms with Gasteiger partial charge in [0.2, 0.25) is 0 Å². The summed E-state index contributed by atoms with van der Waals surface area (Å²) in [5, 5.41) is 11.3. The van der Waals surface area contributed by atoms with Crippen LogP contribution in [0.1, 0.15) is 44.9 Å². The molecule has 0 unspecified atom stereocenters. The Bertz CT molecular complexity index is 1600. The number of carbonyl (C=O) groups is 4. The fraction of sp³-hybridized carbons (Fsp3) is 0.351. The molecule has 9 atom stereocenters. The van der Waals surface area contributed by atoms with E-state index in [9.17, 15) is 24.3 Å². The van der Waals surface area contributed by atoms with Gasteiger partial charge in [0.05, 0.1) is 36.0 Å². The summed E-state index contributed by atoms with van der Waals surface area (Å²) in [6.45, 7) is 6.09. The van der Waals surface area contributed by atoms with Crippen molar-refractivity contribution in [2.75, 3.05) is 13.2 Å². The highest BCUT2D eigenvalue weighted by molar-refractivity contribution is 5.91. The maximum absolute atomic E-state index is 13.5. The quantitative estimate of drug-likeness (QED) is 0.167. The van der Waals surface area contributed by atoms with Gasteiger partial charge in [-0.3, -0.25) is 4.79 Å². The molecular formula is C37H38O13. The number of aliphatic hydroxyl groups is 1.